The van der Waals surface area contributed by atoms with Crippen molar-refractivity contribution in [2.45, 2.75) is 27.3 Å². The van der Waals surface area contributed by atoms with Gasteiger partial charge in [-0.05, 0) is 33.9 Å². The summed E-state index contributed by atoms with van der Waals surface area (Å²) in [5, 5.41) is 7.99. The number of carbonyl (C=O) groups excluding carboxylic acids is 1. The molecular formula is C14H19N3O4. The summed E-state index contributed by atoms with van der Waals surface area (Å²) >= 11 is 0. The van der Waals surface area contributed by atoms with E-state index in [1.807, 2.05) is 19.9 Å². The summed E-state index contributed by atoms with van der Waals surface area (Å²) < 4.78 is 15.9. The molecule has 0 aliphatic carbocycles. The molecule has 0 spiro atoms. The van der Waals surface area contributed by atoms with Crippen LogP contribution in [0.4, 0.5) is 0 Å². The Morgan fingerprint density at radius 1 is 1.33 bits per heavy atom. The van der Waals surface area contributed by atoms with Gasteiger partial charge in [0.25, 0.3) is 5.89 Å². The van der Waals surface area contributed by atoms with Crippen LogP contribution in [0.1, 0.15) is 24.3 Å². The number of hydrogen-bond donors (Lipinski definition) is 0. The average Bonchev–Trinajstić information content (AvgIpc) is 2.95. The van der Waals surface area contributed by atoms with Crippen molar-refractivity contribution in [3.63, 3.8) is 0 Å². The van der Waals surface area contributed by atoms with Crippen molar-refractivity contribution >= 4 is 5.97 Å². The number of carbonyl (C=O) groups is 1. The molecule has 2 rings (SSSR count). The summed E-state index contributed by atoms with van der Waals surface area (Å²) in [4.78, 5) is 13.1. The van der Waals surface area contributed by atoms with Gasteiger partial charge in [0.05, 0.1) is 25.3 Å². The Hall–Kier alpha value is -2.15. The van der Waals surface area contributed by atoms with Crippen LogP contribution in [-0.4, -0.2) is 41.3 Å². The molecule has 0 saturated carbocycles. The molecule has 0 radical (unpaired) electrons. The van der Waals surface area contributed by atoms with E-state index in [4.69, 9.17) is 13.6 Å². The van der Waals surface area contributed by atoms with Gasteiger partial charge in [0, 0.05) is 0 Å². The molecule has 114 valence electrons. The summed E-state index contributed by atoms with van der Waals surface area (Å²) in [5.74, 6) is 2.12. The van der Waals surface area contributed by atoms with Gasteiger partial charge in [-0.2, -0.15) is 0 Å². The number of nitrogens with zero attached hydrogens (tertiary/aromatic N) is 3. The lowest BCUT2D eigenvalue weighted by molar-refractivity contribution is -0.144. The van der Waals surface area contributed by atoms with Gasteiger partial charge in [0.15, 0.2) is 0 Å². The number of rotatable bonds is 6. The monoisotopic (exact) mass is 293 g/mol. The molecule has 0 N–H and O–H groups in total. The fraction of sp³-hybridized carbons (Fsp3) is 0.500. The third-order valence-corrected chi connectivity index (χ3v) is 2.85. The summed E-state index contributed by atoms with van der Waals surface area (Å²) in [6, 6.07) is 1.86. The van der Waals surface area contributed by atoms with Gasteiger partial charge in [-0.3, -0.25) is 9.69 Å². The first-order valence-electron chi connectivity index (χ1n) is 6.73. The number of hydrogen-bond acceptors (Lipinski definition) is 7. The van der Waals surface area contributed by atoms with E-state index in [-0.39, 0.29) is 12.5 Å². The fourth-order valence-corrected chi connectivity index (χ4v) is 1.98. The van der Waals surface area contributed by atoms with Crippen molar-refractivity contribution in [2.24, 2.45) is 0 Å². The van der Waals surface area contributed by atoms with Gasteiger partial charge in [-0.15, -0.1) is 10.2 Å². The quantitative estimate of drug-likeness (QED) is 0.753. The summed E-state index contributed by atoms with van der Waals surface area (Å²) in [6.07, 6.45) is 0. The number of furan rings is 1. The van der Waals surface area contributed by atoms with E-state index < -0.39 is 0 Å². The topological polar surface area (TPSA) is 81.6 Å². The molecule has 0 saturated heterocycles. The van der Waals surface area contributed by atoms with Gasteiger partial charge in [-0.1, -0.05) is 0 Å². The molecule has 2 aromatic rings. The normalized spacial score (nSPS) is 11.1. The minimum atomic E-state index is -0.277. The number of aryl methyl sites for hydroxylation is 2. The standard InChI is InChI=1S/C14H19N3O4/c1-5-19-13(18)8-17(4)7-12-15-16-14(21-12)11-6-9(2)20-10(11)3/h6H,5,7-8H2,1-4H3. The van der Waals surface area contributed by atoms with E-state index in [1.54, 1.807) is 18.9 Å². The van der Waals surface area contributed by atoms with Crippen LogP contribution in [0.2, 0.25) is 0 Å². The first kappa shape index (κ1) is 15.2. The van der Waals surface area contributed by atoms with Gasteiger partial charge in [0.2, 0.25) is 5.89 Å². The van der Waals surface area contributed by atoms with Crippen LogP contribution < -0.4 is 0 Å². The Kier molecular flexibility index (Phi) is 4.74. The molecule has 0 aromatic carbocycles. The molecule has 0 atom stereocenters. The first-order chi connectivity index (χ1) is 9.99. The van der Waals surface area contributed by atoms with E-state index >= 15 is 0 Å². The number of ether oxygens (including phenoxy) is 1. The molecule has 21 heavy (non-hydrogen) atoms. The molecule has 0 amide bonds. The largest absolute Gasteiger partial charge is 0.466 e. The Balaban J connectivity index is 2.00. The molecular weight excluding hydrogens is 274 g/mol. The summed E-state index contributed by atoms with van der Waals surface area (Å²) in [6.45, 7) is 6.41. The Bertz CT molecular complexity index is 618. The van der Waals surface area contributed by atoms with Gasteiger partial charge in [0.1, 0.15) is 11.5 Å². The van der Waals surface area contributed by atoms with Crippen molar-refractivity contribution in [3.05, 3.63) is 23.5 Å². The van der Waals surface area contributed by atoms with Crippen molar-refractivity contribution in [1.29, 1.82) is 0 Å². The maximum atomic E-state index is 11.4. The Morgan fingerprint density at radius 3 is 2.71 bits per heavy atom. The summed E-state index contributed by atoms with van der Waals surface area (Å²) in [7, 11) is 1.79. The molecule has 2 aromatic heterocycles. The molecule has 2 heterocycles. The highest BCUT2D eigenvalue weighted by molar-refractivity contribution is 5.71. The third kappa shape index (κ3) is 3.91. The molecule has 0 fully saturated rings. The van der Waals surface area contributed by atoms with Crippen LogP contribution >= 0.6 is 0 Å². The lowest BCUT2D eigenvalue weighted by Crippen LogP contribution is -2.27. The van der Waals surface area contributed by atoms with Crippen LogP contribution in [-0.2, 0) is 16.1 Å². The zero-order valence-corrected chi connectivity index (χ0v) is 12.7. The van der Waals surface area contributed by atoms with E-state index in [1.165, 1.54) is 0 Å². The van der Waals surface area contributed by atoms with Crippen LogP contribution in [0.3, 0.4) is 0 Å². The highest BCUT2D eigenvalue weighted by Gasteiger charge is 2.16. The smallest absolute Gasteiger partial charge is 0.320 e. The van der Waals surface area contributed by atoms with Crippen molar-refractivity contribution < 1.29 is 18.4 Å². The molecule has 0 bridgehead atoms. The SMILES string of the molecule is CCOC(=O)CN(C)Cc1nnc(-c2cc(C)oc2C)o1. The van der Waals surface area contributed by atoms with Crippen molar-refractivity contribution in [3.8, 4) is 11.5 Å². The van der Waals surface area contributed by atoms with Gasteiger partial charge >= 0.3 is 5.97 Å². The number of esters is 1. The zero-order chi connectivity index (χ0) is 15.4. The van der Waals surface area contributed by atoms with Gasteiger partial charge < -0.3 is 13.6 Å². The second kappa shape index (κ2) is 6.53. The molecule has 0 aliphatic heterocycles. The molecule has 7 nitrogen and oxygen atoms in total. The predicted octanol–water partition coefficient (Wildman–Crippen LogP) is 1.94. The predicted molar refractivity (Wildman–Crippen MR) is 74.4 cm³/mol. The van der Waals surface area contributed by atoms with E-state index in [0.29, 0.717) is 24.9 Å². The highest BCUT2D eigenvalue weighted by atomic mass is 16.5. The lowest BCUT2D eigenvalue weighted by Gasteiger charge is -2.12. The molecule has 0 aliphatic rings. The lowest BCUT2D eigenvalue weighted by atomic mass is 10.2. The van der Waals surface area contributed by atoms with Gasteiger partial charge in [-0.25, -0.2) is 0 Å². The fourth-order valence-electron chi connectivity index (χ4n) is 1.98. The van der Waals surface area contributed by atoms with E-state index in [0.717, 1.165) is 17.1 Å². The average molecular weight is 293 g/mol. The van der Waals surface area contributed by atoms with Crippen LogP contribution in [0.5, 0.6) is 0 Å². The first-order valence-corrected chi connectivity index (χ1v) is 6.73. The maximum absolute atomic E-state index is 11.4. The maximum Gasteiger partial charge on any atom is 0.320 e. The third-order valence-electron chi connectivity index (χ3n) is 2.85. The van der Waals surface area contributed by atoms with E-state index in [2.05, 4.69) is 10.2 Å². The highest BCUT2D eigenvalue weighted by Crippen LogP contribution is 2.25. The van der Waals surface area contributed by atoms with Crippen LogP contribution in [0.15, 0.2) is 14.9 Å². The summed E-state index contributed by atoms with van der Waals surface area (Å²) in [5.41, 5.74) is 0.791. The number of likely N-dealkylation sites (N-methyl/N-ethyl adjacent to an activating group) is 1. The Labute approximate surface area is 122 Å². The van der Waals surface area contributed by atoms with E-state index in [9.17, 15) is 4.79 Å². The molecule has 7 heteroatoms. The molecule has 0 unspecified atom stereocenters. The second-order valence-electron chi connectivity index (χ2n) is 4.81. The Morgan fingerprint density at radius 2 is 2.10 bits per heavy atom. The zero-order valence-electron chi connectivity index (χ0n) is 12.7. The minimum absolute atomic E-state index is 0.176. The van der Waals surface area contributed by atoms with Crippen molar-refractivity contribution in [1.82, 2.24) is 15.1 Å². The van der Waals surface area contributed by atoms with Crippen molar-refractivity contribution in [2.75, 3.05) is 20.2 Å². The second-order valence-corrected chi connectivity index (χ2v) is 4.81. The minimum Gasteiger partial charge on any atom is -0.466 e. The number of aromatic nitrogens is 2. The van der Waals surface area contributed by atoms with Crippen LogP contribution in [0, 0.1) is 13.8 Å². The van der Waals surface area contributed by atoms with Crippen LogP contribution in [0.25, 0.3) is 11.5 Å².